The number of hydrogen-bond acceptors (Lipinski definition) is 4. The van der Waals surface area contributed by atoms with Crippen molar-refractivity contribution in [2.75, 3.05) is 6.61 Å². The van der Waals surface area contributed by atoms with E-state index in [4.69, 9.17) is 9.47 Å². The van der Waals surface area contributed by atoms with Gasteiger partial charge >= 0.3 is 11.9 Å². The minimum Gasteiger partial charge on any atom is -0.462 e. The van der Waals surface area contributed by atoms with E-state index in [1.807, 2.05) is 0 Å². The van der Waals surface area contributed by atoms with Gasteiger partial charge in [-0.15, -0.1) is 0 Å². The number of ether oxygens (including phenoxy) is 2. The monoisotopic (exact) mass is 360 g/mol. The number of rotatable bonds is 12. The van der Waals surface area contributed by atoms with Crippen LogP contribution in [0, 0.1) is 0 Å². The van der Waals surface area contributed by atoms with E-state index >= 15 is 0 Å². The maximum atomic E-state index is 12.0. The van der Waals surface area contributed by atoms with Gasteiger partial charge in [0.15, 0.2) is 0 Å². The summed E-state index contributed by atoms with van der Waals surface area (Å²) in [5.41, 5.74) is 0.960. The van der Waals surface area contributed by atoms with E-state index < -0.39 is 0 Å². The molecule has 2 rings (SSSR count). The molecule has 4 heteroatoms. The van der Waals surface area contributed by atoms with Gasteiger partial charge in [0, 0.05) is 0 Å². The SMILES string of the molecule is CCCCCCCCCCOC(=O)c1ccc(C(=O)OC2CCC2)cc1. The molecule has 0 aromatic heterocycles. The Labute approximate surface area is 157 Å². The molecule has 0 unspecified atom stereocenters. The summed E-state index contributed by atoms with van der Waals surface area (Å²) in [6.45, 7) is 2.68. The predicted octanol–water partition coefficient (Wildman–Crippen LogP) is 5.69. The average Bonchev–Trinajstić information content (AvgIpc) is 2.63. The van der Waals surface area contributed by atoms with E-state index in [0.717, 1.165) is 32.1 Å². The molecule has 144 valence electrons. The molecule has 0 saturated heterocycles. The molecule has 4 nitrogen and oxygen atoms in total. The minimum absolute atomic E-state index is 0.0683. The summed E-state index contributed by atoms with van der Waals surface area (Å²) in [6.07, 6.45) is 12.8. The molecule has 0 N–H and O–H groups in total. The fraction of sp³-hybridized carbons (Fsp3) is 0.636. The molecule has 1 fully saturated rings. The van der Waals surface area contributed by atoms with Gasteiger partial charge in [-0.05, 0) is 49.9 Å². The number of esters is 2. The number of unbranched alkanes of at least 4 members (excludes halogenated alkanes) is 7. The van der Waals surface area contributed by atoms with Gasteiger partial charge in [0.05, 0.1) is 17.7 Å². The quantitative estimate of drug-likeness (QED) is 0.355. The van der Waals surface area contributed by atoms with Crippen LogP contribution in [-0.2, 0) is 9.47 Å². The lowest BCUT2D eigenvalue weighted by atomic mass is 9.96. The third-order valence-corrected chi connectivity index (χ3v) is 4.91. The molecular weight excluding hydrogens is 328 g/mol. The Kier molecular flexibility index (Phi) is 9.22. The third-order valence-electron chi connectivity index (χ3n) is 4.91. The van der Waals surface area contributed by atoms with Crippen molar-refractivity contribution in [1.82, 2.24) is 0 Å². The van der Waals surface area contributed by atoms with Crippen molar-refractivity contribution in [3.63, 3.8) is 0 Å². The topological polar surface area (TPSA) is 52.6 Å². The number of hydrogen-bond donors (Lipinski definition) is 0. The molecule has 1 aliphatic rings. The molecule has 0 bridgehead atoms. The second-order valence-electron chi connectivity index (χ2n) is 7.15. The van der Waals surface area contributed by atoms with Crippen molar-refractivity contribution < 1.29 is 19.1 Å². The van der Waals surface area contributed by atoms with Crippen molar-refractivity contribution in [2.45, 2.75) is 83.7 Å². The number of carbonyl (C=O) groups is 2. The highest BCUT2D eigenvalue weighted by Gasteiger charge is 2.22. The Morgan fingerprint density at radius 2 is 1.38 bits per heavy atom. The van der Waals surface area contributed by atoms with E-state index in [1.54, 1.807) is 24.3 Å². The van der Waals surface area contributed by atoms with Gasteiger partial charge in [-0.25, -0.2) is 9.59 Å². The maximum absolute atomic E-state index is 12.0. The third kappa shape index (κ3) is 7.19. The van der Waals surface area contributed by atoms with Crippen LogP contribution in [0.2, 0.25) is 0 Å². The van der Waals surface area contributed by atoms with Crippen LogP contribution in [0.5, 0.6) is 0 Å². The molecule has 26 heavy (non-hydrogen) atoms. The summed E-state index contributed by atoms with van der Waals surface area (Å²) in [5, 5.41) is 0. The van der Waals surface area contributed by atoms with Crippen LogP contribution in [0.3, 0.4) is 0 Å². The lowest BCUT2D eigenvalue weighted by Crippen LogP contribution is -2.25. The summed E-state index contributed by atoms with van der Waals surface area (Å²) in [4.78, 5) is 24.0. The summed E-state index contributed by atoms with van der Waals surface area (Å²) < 4.78 is 10.7. The molecular formula is C22H32O4. The average molecular weight is 360 g/mol. The molecule has 0 radical (unpaired) electrons. The Morgan fingerprint density at radius 3 is 1.92 bits per heavy atom. The molecule has 0 aliphatic heterocycles. The first-order valence-electron chi connectivity index (χ1n) is 10.2. The van der Waals surface area contributed by atoms with Crippen molar-refractivity contribution in [3.8, 4) is 0 Å². The Morgan fingerprint density at radius 1 is 0.846 bits per heavy atom. The zero-order chi connectivity index (χ0) is 18.6. The Hall–Kier alpha value is -1.84. The van der Waals surface area contributed by atoms with Crippen LogP contribution in [0.1, 0.15) is 98.3 Å². The lowest BCUT2D eigenvalue weighted by Gasteiger charge is -2.25. The van der Waals surface area contributed by atoms with Crippen LogP contribution in [-0.4, -0.2) is 24.6 Å². The van der Waals surface area contributed by atoms with E-state index in [9.17, 15) is 9.59 Å². The zero-order valence-electron chi connectivity index (χ0n) is 16.0. The van der Waals surface area contributed by atoms with Crippen LogP contribution in [0.25, 0.3) is 0 Å². The van der Waals surface area contributed by atoms with Gasteiger partial charge in [0.25, 0.3) is 0 Å². The highest BCUT2D eigenvalue weighted by atomic mass is 16.5. The van der Waals surface area contributed by atoms with Gasteiger partial charge in [0.1, 0.15) is 6.10 Å². The minimum atomic E-state index is -0.327. The standard InChI is InChI=1S/C22H32O4/c1-2-3-4-5-6-7-8-9-17-25-21(23)18-13-15-19(16-14-18)22(24)26-20-11-10-12-20/h13-16,20H,2-12,17H2,1H3. The Bertz CT molecular complexity index is 546. The van der Waals surface area contributed by atoms with Crippen LogP contribution in [0.15, 0.2) is 24.3 Å². The highest BCUT2D eigenvalue weighted by molar-refractivity contribution is 5.93. The smallest absolute Gasteiger partial charge is 0.338 e. The molecule has 0 amide bonds. The lowest BCUT2D eigenvalue weighted by molar-refractivity contribution is 0.00896. The van der Waals surface area contributed by atoms with Gasteiger partial charge in [-0.1, -0.05) is 51.9 Å². The van der Waals surface area contributed by atoms with Gasteiger partial charge in [-0.2, -0.15) is 0 Å². The van der Waals surface area contributed by atoms with Crippen LogP contribution in [0.4, 0.5) is 0 Å². The molecule has 0 spiro atoms. The summed E-state index contributed by atoms with van der Waals surface area (Å²) in [6, 6.07) is 6.53. The van der Waals surface area contributed by atoms with E-state index in [0.29, 0.717) is 17.7 Å². The Balaban J connectivity index is 1.59. The van der Waals surface area contributed by atoms with E-state index in [-0.39, 0.29) is 18.0 Å². The second kappa shape index (κ2) is 11.7. The van der Waals surface area contributed by atoms with Crippen molar-refractivity contribution in [3.05, 3.63) is 35.4 Å². The van der Waals surface area contributed by atoms with Gasteiger partial charge < -0.3 is 9.47 Å². The second-order valence-corrected chi connectivity index (χ2v) is 7.15. The van der Waals surface area contributed by atoms with Crippen molar-refractivity contribution in [2.24, 2.45) is 0 Å². The molecule has 1 saturated carbocycles. The molecule has 1 aromatic rings. The molecule has 1 aliphatic carbocycles. The number of benzene rings is 1. The van der Waals surface area contributed by atoms with Crippen molar-refractivity contribution in [1.29, 1.82) is 0 Å². The summed E-state index contributed by atoms with van der Waals surface area (Å²) in [7, 11) is 0. The van der Waals surface area contributed by atoms with Crippen LogP contribution < -0.4 is 0 Å². The molecule has 0 atom stereocenters. The first kappa shape index (κ1) is 20.5. The first-order chi connectivity index (χ1) is 12.7. The summed E-state index contributed by atoms with van der Waals surface area (Å²) in [5.74, 6) is -0.639. The number of carbonyl (C=O) groups excluding carboxylic acids is 2. The zero-order valence-corrected chi connectivity index (χ0v) is 16.0. The normalized spacial score (nSPS) is 13.9. The fourth-order valence-electron chi connectivity index (χ4n) is 2.93. The predicted molar refractivity (Wildman–Crippen MR) is 102 cm³/mol. The van der Waals surface area contributed by atoms with Gasteiger partial charge in [0.2, 0.25) is 0 Å². The fourth-order valence-corrected chi connectivity index (χ4v) is 2.93. The first-order valence-corrected chi connectivity index (χ1v) is 10.2. The molecule has 1 aromatic carbocycles. The van der Waals surface area contributed by atoms with Crippen LogP contribution >= 0.6 is 0 Å². The highest BCUT2D eigenvalue weighted by Crippen LogP contribution is 2.23. The van der Waals surface area contributed by atoms with E-state index in [2.05, 4.69) is 6.92 Å². The molecule has 0 heterocycles. The van der Waals surface area contributed by atoms with Crippen molar-refractivity contribution >= 4 is 11.9 Å². The largest absolute Gasteiger partial charge is 0.462 e. The maximum Gasteiger partial charge on any atom is 0.338 e. The summed E-state index contributed by atoms with van der Waals surface area (Å²) >= 11 is 0. The van der Waals surface area contributed by atoms with E-state index in [1.165, 1.54) is 38.5 Å². The van der Waals surface area contributed by atoms with Gasteiger partial charge in [-0.3, -0.25) is 0 Å².